The predicted octanol–water partition coefficient (Wildman–Crippen LogP) is 0.245. The molecule has 1 aliphatic carbocycles. The number of hydrogen-bond acceptors (Lipinski definition) is 3. The van der Waals surface area contributed by atoms with Crippen LogP contribution >= 0.6 is 0 Å². The zero-order valence-electron chi connectivity index (χ0n) is 9.91. The van der Waals surface area contributed by atoms with Gasteiger partial charge in [-0.05, 0) is 38.3 Å². The van der Waals surface area contributed by atoms with Crippen molar-refractivity contribution in [1.29, 1.82) is 0 Å². The predicted molar refractivity (Wildman–Crippen MR) is 63.0 cm³/mol. The molecule has 1 aromatic heterocycles. The Hall–Kier alpha value is -1.62. The number of hydrogen-bond donors (Lipinski definition) is 3. The summed E-state index contributed by atoms with van der Waals surface area (Å²) in [6.45, 7) is 3.52. The molecule has 0 saturated heterocycles. The number of pyridine rings is 1. The van der Waals surface area contributed by atoms with Crippen molar-refractivity contribution < 1.29 is 9.90 Å². The number of amides is 1. The van der Waals surface area contributed by atoms with Gasteiger partial charge in [0.05, 0.1) is 6.10 Å². The molecule has 3 N–H and O–H groups in total. The molecular formula is C12H16N2O3. The monoisotopic (exact) mass is 236 g/mol. The fraction of sp³-hybridized carbons (Fsp3) is 0.500. The Bertz CT molecular complexity index is 501. The molecule has 0 radical (unpaired) electrons. The molecule has 5 nitrogen and oxygen atoms in total. The third-order valence-electron chi connectivity index (χ3n) is 3.04. The number of nitrogens with one attached hydrogen (secondary N) is 2. The van der Waals surface area contributed by atoms with Gasteiger partial charge in [-0.1, -0.05) is 0 Å². The van der Waals surface area contributed by atoms with Crippen LogP contribution in [0.2, 0.25) is 0 Å². The second-order valence-corrected chi connectivity index (χ2v) is 4.64. The van der Waals surface area contributed by atoms with E-state index in [9.17, 15) is 9.59 Å². The minimum Gasteiger partial charge on any atom is -0.393 e. The van der Waals surface area contributed by atoms with Gasteiger partial charge in [-0.25, -0.2) is 0 Å². The Morgan fingerprint density at radius 1 is 1.47 bits per heavy atom. The molecule has 1 aliphatic rings. The first kappa shape index (κ1) is 11.9. The largest absolute Gasteiger partial charge is 0.393 e. The minimum atomic E-state index is -0.361. The van der Waals surface area contributed by atoms with Crippen LogP contribution in [0, 0.1) is 13.8 Å². The zero-order valence-corrected chi connectivity index (χ0v) is 9.91. The fourth-order valence-corrected chi connectivity index (χ4v) is 2.10. The van der Waals surface area contributed by atoms with E-state index < -0.39 is 0 Å². The number of aromatic nitrogens is 1. The van der Waals surface area contributed by atoms with Gasteiger partial charge in [-0.3, -0.25) is 9.59 Å². The maximum atomic E-state index is 11.9. The molecule has 0 aliphatic heterocycles. The van der Waals surface area contributed by atoms with Crippen molar-refractivity contribution in [2.75, 3.05) is 0 Å². The van der Waals surface area contributed by atoms with Gasteiger partial charge >= 0.3 is 0 Å². The Morgan fingerprint density at radius 3 is 2.65 bits per heavy atom. The van der Waals surface area contributed by atoms with Gasteiger partial charge in [0.25, 0.3) is 11.5 Å². The van der Waals surface area contributed by atoms with Crippen LogP contribution in [-0.2, 0) is 0 Å². The van der Waals surface area contributed by atoms with E-state index in [2.05, 4.69) is 10.3 Å². The number of aliphatic hydroxyl groups excluding tert-OH is 1. The number of aryl methyl sites for hydroxylation is 2. The van der Waals surface area contributed by atoms with Crippen molar-refractivity contribution in [3.05, 3.63) is 33.2 Å². The molecule has 17 heavy (non-hydrogen) atoms. The standard InChI is InChI=1S/C12H16N2O3/c1-6-3-7(2)13-11(16)10(6)12(17)14-8-4-9(15)5-8/h3,8-9,15H,4-5H2,1-2H3,(H,13,16)(H,14,17). The van der Waals surface area contributed by atoms with Crippen molar-refractivity contribution in [2.24, 2.45) is 0 Å². The van der Waals surface area contributed by atoms with Crippen LogP contribution in [-0.4, -0.2) is 28.1 Å². The molecule has 5 heteroatoms. The highest BCUT2D eigenvalue weighted by Gasteiger charge is 2.29. The van der Waals surface area contributed by atoms with E-state index in [1.807, 2.05) is 0 Å². The topological polar surface area (TPSA) is 82.2 Å². The van der Waals surface area contributed by atoms with Crippen LogP contribution in [0.4, 0.5) is 0 Å². The minimum absolute atomic E-state index is 0.0161. The first-order valence-electron chi connectivity index (χ1n) is 5.67. The number of aliphatic hydroxyl groups is 1. The van der Waals surface area contributed by atoms with E-state index in [1.54, 1.807) is 19.9 Å². The van der Waals surface area contributed by atoms with E-state index in [4.69, 9.17) is 5.11 Å². The molecule has 0 spiro atoms. The van der Waals surface area contributed by atoms with Crippen molar-refractivity contribution in [3.63, 3.8) is 0 Å². The van der Waals surface area contributed by atoms with Crippen LogP contribution in [0.15, 0.2) is 10.9 Å². The van der Waals surface area contributed by atoms with Crippen LogP contribution in [0.1, 0.15) is 34.5 Å². The van der Waals surface area contributed by atoms with E-state index in [0.717, 1.165) is 5.69 Å². The molecule has 92 valence electrons. The summed E-state index contributed by atoms with van der Waals surface area (Å²) in [4.78, 5) is 26.2. The zero-order chi connectivity index (χ0) is 12.6. The maximum Gasteiger partial charge on any atom is 0.261 e. The molecule has 1 amide bonds. The van der Waals surface area contributed by atoms with Crippen LogP contribution in [0.25, 0.3) is 0 Å². The summed E-state index contributed by atoms with van der Waals surface area (Å²) in [7, 11) is 0. The molecule has 0 unspecified atom stereocenters. The summed E-state index contributed by atoms with van der Waals surface area (Å²) >= 11 is 0. The average molecular weight is 236 g/mol. The molecule has 1 saturated carbocycles. The lowest BCUT2D eigenvalue weighted by Crippen LogP contribution is -2.48. The lowest BCUT2D eigenvalue weighted by Gasteiger charge is -2.31. The van der Waals surface area contributed by atoms with Crippen molar-refractivity contribution in [2.45, 2.75) is 38.8 Å². The molecular weight excluding hydrogens is 220 g/mol. The summed E-state index contributed by atoms with van der Waals surface area (Å²) in [5.41, 5.74) is 1.21. The number of rotatable bonds is 2. The van der Waals surface area contributed by atoms with E-state index in [1.165, 1.54) is 0 Å². The van der Waals surface area contributed by atoms with Gasteiger partial charge in [0.2, 0.25) is 0 Å². The Kier molecular flexibility index (Phi) is 3.02. The molecule has 0 atom stereocenters. The highest BCUT2D eigenvalue weighted by atomic mass is 16.3. The van der Waals surface area contributed by atoms with Gasteiger partial charge in [0.1, 0.15) is 5.56 Å². The van der Waals surface area contributed by atoms with Gasteiger partial charge in [-0.2, -0.15) is 0 Å². The Morgan fingerprint density at radius 2 is 2.12 bits per heavy atom. The third-order valence-corrected chi connectivity index (χ3v) is 3.04. The highest BCUT2D eigenvalue weighted by molar-refractivity contribution is 5.95. The van der Waals surface area contributed by atoms with Crippen molar-refractivity contribution in [3.8, 4) is 0 Å². The van der Waals surface area contributed by atoms with E-state index in [0.29, 0.717) is 18.4 Å². The summed E-state index contributed by atoms with van der Waals surface area (Å²) in [5.74, 6) is -0.361. The number of aromatic amines is 1. The van der Waals surface area contributed by atoms with Gasteiger partial charge in [0.15, 0.2) is 0 Å². The lowest BCUT2D eigenvalue weighted by atomic mass is 9.89. The summed E-state index contributed by atoms with van der Waals surface area (Å²) in [5, 5.41) is 11.9. The molecule has 2 rings (SSSR count). The maximum absolute atomic E-state index is 11.9. The van der Waals surface area contributed by atoms with E-state index >= 15 is 0 Å². The van der Waals surface area contributed by atoms with Gasteiger partial charge in [-0.15, -0.1) is 0 Å². The normalized spacial score (nSPS) is 23.0. The van der Waals surface area contributed by atoms with Crippen LogP contribution in [0.5, 0.6) is 0 Å². The lowest BCUT2D eigenvalue weighted by molar-refractivity contribution is 0.0562. The molecule has 1 aromatic rings. The smallest absolute Gasteiger partial charge is 0.261 e. The first-order chi connectivity index (χ1) is 7.97. The van der Waals surface area contributed by atoms with Gasteiger partial charge in [0, 0.05) is 11.7 Å². The Labute approximate surface area is 98.9 Å². The van der Waals surface area contributed by atoms with Crippen LogP contribution < -0.4 is 10.9 Å². The summed E-state index contributed by atoms with van der Waals surface area (Å²) < 4.78 is 0. The summed E-state index contributed by atoms with van der Waals surface area (Å²) in [6, 6.07) is 1.75. The number of carbonyl (C=O) groups excluding carboxylic acids is 1. The fourth-order valence-electron chi connectivity index (χ4n) is 2.10. The molecule has 1 heterocycles. The third kappa shape index (κ3) is 2.39. The first-order valence-corrected chi connectivity index (χ1v) is 5.67. The molecule has 0 aromatic carbocycles. The van der Waals surface area contributed by atoms with Gasteiger partial charge < -0.3 is 15.4 Å². The quantitative estimate of drug-likeness (QED) is 0.688. The second-order valence-electron chi connectivity index (χ2n) is 4.64. The molecule has 0 bridgehead atoms. The number of carbonyl (C=O) groups is 1. The summed E-state index contributed by atoms with van der Waals surface area (Å²) in [6.07, 6.45) is 0.807. The Balaban J connectivity index is 2.17. The average Bonchev–Trinajstić information content (AvgIpc) is 2.13. The van der Waals surface area contributed by atoms with Crippen LogP contribution in [0.3, 0.4) is 0 Å². The van der Waals surface area contributed by atoms with E-state index in [-0.39, 0.29) is 29.2 Å². The molecule has 1 fully saturated rings. The van der Waals surface area contributed by atoms with Crippen molar-refractivity contribution >= 4 is 5.91 Å². The SMILES string of the molecule is Cc1cc(C)c(C(=O)NC2CC(O)C2)c(=O)[nH]1. The highest BCUT2D eigenvalue weighted by Crippen LogP contribution is 2.19. The number of H-pyrrole nitrogens is 1. The second kappa shape index (κ2) is 4.33. The van der Waals surface area contributed by atoms with Crippen molar-refractivity contribution in [1.82, 2.24) is 10.3 Å².